The Hall–Kier alpha value is -7.04. The largest absolute Gasteiger partial charge is 0.297 e. The van der Waals surface area contributed by atoms with Gasteiger partial charge in [-0.15, -0.1) is 0 Å². The maximum Gasteiger partial charge on any atom is 0.297 e. The number of nitro groups is 1. The molecule has 54 heavy (non-hydrogen) atoms. The first-order valence-corrected chi connectivity index (χ1v) is 16.7. The Morgan fingerprint density at radius 2 is 0.741 bits per heavy atom. The van der Waals surface area contributed by atoms with Crippen LogP contribution in [0.5, 0.6) is 0 Å². The third kappa shape index (κ3) is 6.14. The van der Waals surface area contributed by atoms with E-state index in [0.717, 1.165) is 59.9 Å². The van der Waals surface area contributed by atoms with E-state index in [0.29, 0.717) is 22.1 Å². The molecule has 0 aliphatic rings. The maximum atomic E-state index is 11.3. The first kappa shape index (κ1) is 34.1. The minimum absolute atomic E-state index is 0. The number of aromatic nitrogens is 8. The van der Waals surface area contributed by atoms with Crippen molar-refractivity contribution in [3.63, 3.8) is 0 Å². The van der Waals surface area contributed by atoms with Gasteiger partial charge in [-0.1, -0.05) is 54.6 Å². The average molecular weight is 789 g/mol. The molecule has 0 atom stereocenters. The Balaban J connectivity index is 0.000000122. The molecule has 0 radical (unpaired) electrons. The molecule has 0 N–H and O–H groups in total. The quantitative estimate of drug-likeness (QED) is 0.0518. The normalized spacial score (nSPS) is 11.0. The molecule has 7 aromatic heterocycles. The van der Waals surface area contributed by atoms with Gasteiger partial charge in [-0.25, -0.2) is 9.97 Å². The topological polar surface area (TPSA) is 146 Å². The fourth-order valence-corrected chi connectivity index (χ4v) is 6.51. The zero-order chi connectivity index (χ0) is 35.7. The average Bonchev–Trinajstić information content (AvgIpc) is 3.23. The predicted molar refractivity (Wildman–Crippen MR) is 208 cm³/mol. The summed E-state index contributed by atoms with van der Waals surface area (Å²) in [5.74, 6) is 0. The summed E-state index contributed by atoms with van der Waals surface area (Å²) in [5.41, 5.74) is 7.30. The Kier molecular flexibility index (Phi) is 9.17. The minimum atomic E-state index is -0.439. The van der Waals surface area contributed by atoms with Crippen molar-refractivity contribution in [3.8, 4) is 0 Å². The first-order valence-electron chi connectivity index (χ1n) is 16.7. The van der Waals surface area contributed by atoms with Crippen molar-refractivity contribution in [3.05, 3.63) is 163 Å². The van der Waals surface area contributed by atoms with Crippen LogP contribution in [0.4, 0.5) is 5.69 Å². The Morgan fingerprint density at radius 3 is 1.15 bits per heavy atom. The molecule has 0 aliphatic carbocycles. The molecule has 0 bridgehead atoms. The fourth-order valence-electron chi connectivity index (χ4n) is 6.51. The molecule has 0 saturated carbocycles. The second-order valence-electron chi connectivity index (χ2n) is 12.1. The summed E-state index contributed by atoms with van der Waals surface area (Å²) in [6, 6.07) is 36.5. The standard InChI is InChI=1S/C18H9N5O2.2C12H8N2.Ru/c24-23(25)13-7-1-6-12-18(13)22-17-11-5-3-9-20-15(11)14-10(16(17)21-12)4-2-8-19-14;2*1-3-9-5-6-10-4-2-8-14-12(10)11(9)13-7-1;/h1-9H;2*1-8H;. The van der Waals surface area contributed by atoms with Crippen LogP contribution >= 0.6 is 0 Å². The third-order valence-electron chi connectivity index (χ3n) is 8.91. The molecule has 11 nitrogen and oxygen atoms in total. The summed E-state index contributed by atoms with van der Waals surface area (Å²) < 4.78 is 0. The van der Waals surface area contributed by atoms with Gasteiger partial charge in [-0.05, 0) is 54.6 Å². The summed E-state index contributed by atoms with van der Waals surface area (Å²) in [5, 5.41) is 17.5. The molecule has 4 aromatic carbocycles. The maximum absolute atomic E-state index is 11.3. The number of fused-ring (bicyclic) bond motifs is 13. The molecule has 7 heterocycles. The first-order chi connectivity index (χ1) is 26.1. The van der Waals surface area contributed by atoms with Crippen LogP contribution in [0.15, 0.2) is 152 Å². The van der Waals surface area contributed by atoms with E-state index in [9.17, 15) is 10.1 Å². The molecule has 11 rings (SSSR count). The van der Waals surface area contributed by atoms with Crippen LogP contribution in [0.3, 0.4) is 0 Å². The van der Waals surface area contributed by atoms with Crippen molar-refractivity contribution in [2.24, 2.45) is 0 Å². The summed E-state index contributed by atoms with van der Waals surface area (Å²) in [6.07, 6.45) is 10.6. The summed E-state index contributed by atoms with van der Waals surface area (Å²) in [4.78, 5) is 46.4. The molecule has 258 valence electrons. The molecule has 12 heteroatoms. The van der Waals surface area contributed by atoms with Gasteiger partial charge in [-0.3, -0.25) is 40.0 Å². The van der Waals surface area contributed by atoms with E-state index < -0.39 is 4.92 Å². The van der Waals surface area contributed by atoms with Gasteiger partial charge < -0.3 is 0 Å². The van der Waals surface area contributed by atoms with Crippen molar-refractivity contribution in [1.82, 2.24) is 39.9 Å². The monoisotopic (exact) mass is 789 g/mol. The second kappa shape index (κ2) is 14.5. The molecule has 0 amide bonds. The van der Waals surface area contributed by atoms with Crippen LogP contribution in [-0.2, 0) is 19.5 Å². The van der Waals surface area contributed by atoms with Crippen molar-refractivity contribution < 1.29 is 24.4 Å². The summed E-state index contributed by atoms with van der Waals surface area (Å²) in [7, 11) is 0. The van der Waals surface area contributed by atoms with Gasteiger partial charge in [0.15, 0.2) is 5.52 Å². The van der Waals surface area contributed by atoms with E-state index in [1.807, 2.05) is 48.5 Å². The van der Waals surface area contributed by atoms with Crippen LogP contribution < -0.4 is 0 Å². The van der Waals surface area contributed by atoms with Crippen LogP contribution in [0.25, 0.3) is 87.5 Å². The fraction of sp³-hybridized carbons (Fsp3) is 0. The van der Waals surface area contributed by atoms with Gasteiger partial charge in [0.05, 0.1) is 54.6 Å². The van der Waals surface area contributed by atoms with Crippen molar-refractivity contribution >= 4 is 93.2 Å². The van der Waals surface area contributed by atoms with Gasteiger partial charge in [0.25, 0.3) is 5.69 Å². The Morgan fingerprint density at radius 1 is 0.370 bits per heavy atom. The van der Waals surface area contributed by atoms with Gasteiger partial charge in [-0.2, -0.15) is 0 Å². The van der Waals surface area contributed by atoms with Crippen LogP contribution in [0, 0.1) is 10.1 Å². The number of para-hydroxylation sites is 1. The van der Waals surface area contributed by atoms with Crippen LogP contribution in [0.2, 0.25) is 0 Å². The number of pyridine rings is 6. The summed E-state index contributed by atoms with van der Waals surface area (Å²) >= 11 is 0. The van der Waals surface area contributed by atoms with Gasteiger partial charge in [0.2, 0.25) is 0 Å². The number of nitrogens with zero attached hydrogens (tertiary/aromatic N) is 9. The second-order valence-corrected chi connectivity index (χ2v) is 12.1. The number of non-ortho nitro benzene ring substituents is 1. The van der Waals surface area contributed by atoms with E-state index in [2.05, 4.69) is 88.4 Å². The molecule has 0 saturated heterocycles. The summed E-state index contributed by atoms with van der Waals surface area (Å²) in [6.45, 7) is 0. The van der Waals surface area contributed by atoms with Gasteiger partial charge in [0.1, 0.15) is 0 Å². The predicted octanol–water partition coefficient (Wildman–Crippen LogP) is 9.35. The molecular weight excluding hydrogens is 764 g/mol. The molecule has 11 aromatic rings. The molecular formula is C42H25N9O2Ru. The van der Waals surface area contributed by atoms with Gasteiger partial charge in [0, 0.05) is 95.0 Å². The number of nitro benzene ring substituents is 1. The molecule has 0 spiro atoms. The number of benzene rings is 4. The zero-order valence-corrected chi connectivity index (χ0v) is 29.9. The van der Waals surface area contributed by atoms with Crippen molar-refractivity contribution in [2.75, 3.05) is 0 Å². The van der Waals surface area contributed by atoms with E-state index in [1.54, 1.807) is 49.3 Å². The van der Waals surface area contributed by atoms with Crippen molar-refractivity contribution in [1.29, 1.82) is 0 Å². The smallest absolute Gasteiger partial charge is 0.258 e. The SMILES string of the molecule is O=[N+]([O-])c1cccc2nc3c4cccnc4c4ncccc4c3nc12.[Ru].c1cnc2c(c1)ccc1cccnc12.c1cnc2c(c1)ccc1cccnc12. The van der Waals surface area contributed by atoms with Gasteiger partial charge >= 0.3 is 0 Å². The van der Waals surface area contributed by atoms with Crippen molar-refractivity contribution in [2.45, 2.75) is 0 Å². The number of hydrogen-bond acceptors (Lipinski definition) is 10. The van der Waals surface area contributed by atoms with E-state index in [1.165, 1.54) is 6.07 Å². The molecule has 0 unspecified atom stereocenters. The number of rotatable bonds is 1. The van der Waals surface area contributed by atoms with Crippen LogP contribution in [-0.4, -0.2) is 44.8 Å². The van der Waals surface area contributed by atoms with E-state index in [-0.39, 0.29) is 30.7 Å². The van der Waals surface area contributed by atoms with E-state index >= 15 is 0 Å². The minimum Gasteiger partial charge on any atom is -0.258 e. The van der Waals surface area contributed by atoms with Crippen LogP contribution in [0.1, 0.15) is 0 Å². The number of hydrogen-bond donors (Lipinski definition) is 0. The third-order valence-corrected chi connectivity index (χ3v) is 8.91. The molecule has 0 fully saturated rings. The zero-order valence-electron chi connectivity index (χ0n) is 28.1. The molecule has 0 aliphatic heterocycles. The Labute approximate surface area is 318 Å². The Bertz CT molecular complexity index is 2980. The van der Waals surface area contributed by atoms with E-state index in [4.69, 9.17) is 0 Å².